The summed E-state index contributed by atoms with van der Waals surface area (Å²) in [6.45, 7) is 7.35. The lowest BCUT2D eigenvalue weighted by Crippen LogP contribution is -1.78. The summed E-state index contributed by atoms with van der Waals surface area (Å²) in [6, 6.07) is 13.4. The minimum Gasteiger partial charge on any atom is -0.506 e. The van der Waals surface area contributed by atoms with Crippen molar-refractivity contribution in [2.24, 2.45) is 9.98 Å². The van der Waals surface area contributed by atoms with Crippen LogP contribution < -0.4 is 0 Å². The molecule has 0 spiro atoms. The first kappa shape index (κ1) is 14.2. The number of benzene rings is 2. The number of aromatic hydroxyl groups is 1. The first-order chi connectivity index (χ1) is 10.7. The van der Waals surface area contributed by atoms with Crippen LogP contribution in [-0.2, 0) is 0 Å². The number of nitrogens with zero attached hydrogens (tertiary/aromatic N) is 2. The monoisotopic (exact) mass is 306 g/mol. The highest BCUT2D eigenvalue weighted by Gasteiger charge is 2.09. The minimum absolute atomic E-state index is 0.261. The van der Waals surface area contributed by atoms with Gasteiger partial charge in [0.25, 0.3) is 0 Å². The molecule has 108 valence electrons. The van der Waals surface area contributed by atoms with Crippen LogP contribution in [0.2, 0.25) is 0 Å². The summed E-state index contributed by atoms with van der Waals surface area (Å²) in [4.78, 5) is 9.20. The highest BCUT2D eigenvalue weighted by atomic mass is 32.1. The second-order valence-electron chi connectivity index (χ2n) is 4.65. The number of fused-ring (bicyclic) bond motifs is 1. The Balaban J connectivity index is 2.05. The Hall–Kier alpha value is -2.72. The fourth-order valence-electron chi connectivity index (χ4n) is 2.26. The van der Waals surface area contributed by atoms with Gasteiger partial charge in [0.05, 0.1) is 16.3 Å². The normalized spacial score (nSPS) is 11.1. The van der Waals surface area contributed by atoms with Crippen molar-refractivity contribution in [3.05, 3.63) is 59.5 Å². The maximum atomic E-state index is 10.3. The van der Waals surface area contributed by atoms with E-state index in [2.05, 4.69) is 23.3 Å². The van der Waals surface area contributed by atoms with E-state index in [1.165, 1.54) is 11.3 Å². The summed E-state index contributed by atoms with van der Waals surface area (Å²) >= 11 is 1.50. The molecule has 0 unspecified atom stereocenters. The molecule has 0 bridgehead atoms. The van der Waals surface area contributed by atoms with Gasteiger partial charge in [0.15, 0.2) is 0 Å². The highest BCUT2D eigenvalue weighted by Crippen LogP contribution is 2.37. The molecule has 0 saturated carbocycles. The highest BCUT2D eigenvalue weighted by molar-refractivity contribution is 7.21. The van der Waals surface area contributed by atoms with Crippen molar-refractivity contribution < 1.29 is 5.11 Å². The zero-order valence-corrected chi connectivity index (χ0v) is 12.7. The van der Waals surface area contributed by atoms with Gasteiger partial charge in [0.1, 0.15) is 5.75 Å². The third-order valence-electron chi connectivity index (χ3n) is 3.34. The van der Waals surface area contributed by atoms with Crippen LogP contribution in [0, 0.1) is 0 Å². The topological polar surface area (TPSA) is 45.0 Å². The van der Waals surface area contributed by atoms with Crippen molar-refractivity contribution in [1.29, 1.82) is 0 Å². The van der Waals surface area contributed by atoms with E-state index in [1.54, 1.807) is 12.3 Å². The molecule has 0 aliphatic heterocycles. The molecule has 3 rings (SSSR count). The second-order valence-corrected chi connectivity index (χ2v) is 5.73. The molecule has 0 radical (unpaired) electrons. The van der Waals surface area contributed by atoms with E-state index in [0.29, 0.717) is 11.4 Å². The molecule has 4 heteroatoms. The largest absolute Gasteiger partial charge is 0.506 e. The molecule has 3 aromatic rings. The zero-order chi connectivity index (χ0) is 15.5. The van der Waals surface area contributed by atoms with Crippen molar-refractivity contribution in [3.63, 3.8) is 0 Å². The van der Waals surface area contributed by atoms with Crippen molar-refractivity contribution in [2.75, 3.05) is 0 Å². The van der Waals surface area contributed by atoms with Gasteiger partial charge in [-0.3, -0.25) is 9.98 Å². The lowest BCUT2D eigenvalue weighted by molar-refractivity contribution is 0.483. The summed E-state index contributed by atoms with van der Waals surface area (Å²) in [6.07, 6.45) is 3.39. The Morgan fingerprint density at radius 2 is 1.91 bits per heavy atom. The van der Waals surface area contributed by atoms with Gasteiger partial charge in [0.2, 0.25) is 0 Å². The molecule has 1 heterocycles. The lowest BCUT2D eigenvalue weighted by Gasteiger charge is -2.03. The van der Waals surface area contributed by atoms with E-state index in [9.17, 15) is 5.11 Å². The number of thiophene rings is 1. The number of hydrogen-bond acceptors (Lipinski definition) is 4. The number of aliphatic imine (C=N–C) groups is 2. The standard InChI is InChI=1S/C18H14N2OS/c1-3-12-7-6-9-14(17(12)19-2)20-11-16-18(21)13-8-4-5-10-15(13)22-16/h3-11,21H,1-2H2. The van der Waals surface area contributed by atoms with Gasteiger partial charge in [-0.15, -0.1) is 11.3 Å². The van der Waals surface area contributed by atoms with Crippen LogP contribution >= 0.6 is 11.3 Å². The Kier molecular flexibility index (Phi) is 3.85. The molecule has 0 aliphatic rings. The molecular weight excluding hydrogens is 292 g/mol. The zero-order valence-electron chi connectivity index (χ0n) is 11.9. The Morgan fingerprint density at radius 1 is 1.09 bits per heavy atom. The van der Waals surface area contributed by atoms with Crippen LogP contribution in [0.25, 0.3) is 16.2 Å². The predicted octanol–water partition coefficient (Wildman–Crippen LogP) is 5.33. The quantitative estimate of drug-likeness (QED) is 0.650. The molecule has 22 heavy (non-hydrogen) atoms. The van der Waals surface area contributed by atoms with Gasteiger partial charge in [-0.05, 0) is 24.9 Å². The molecule has 0 atom stereocenters. The molecule has 3 nitrogen and oxygen atoms in total. The van der Waals surface area contributed by atoms with Crippen LogP contribution in [0.1, 0.15) is 10.4 Å². The third-order valence-corrected chi connectivity index (χ3v) is 4.43. The molecule has 2 aromatic carbocycles. The first-order valence-electron chi connectivity index (χ1n) is 6.71. The van der Waals surface area contributed by atoms with Gasteiger partial charge >= 0.3 is 0 Å². The fourth-order valence-corrected chi connectivity index (χ4v) is 3.23. The number of rotatable bonds is 4. The van der Waals surface area contributed by atoms with E-state index in [-0.39, 0.29) is 5.75 Å². The van der Waals surface area contributed by atoms with Crippen molar-refractivity contribution >= 4 is 51.8 Å². The molecule has 1 N–H and O–H groups in total. The van der Waals surface area contributed by atoms with E-state index >= 15 is 0 Å². The summed E-state index contributed by atoms with van der Waals surface area (Å²) < 4.78 is 1.03. The van der Waals surface area contributed by atoms with E-state index < -0.39 is 0 Å². The summed E-state index contributed by atoms with van der Waals surface area (Å²) in [5.41, 5.74) is 2.27. The van der Waals surface area contributed by atoms with Crippen LogP contribution in [0.15, 0.2) is 59.0 Å². The van der Waals surface area contributed by atoms with Gasteiger partial charge in [0, 0.05) is 21.9 Å². The second kappa shape index (κ2) is 5.95. The Labute approximate surface area is 132 Å². The van der Waals surface area contributed by atoms with Crippen molar-refractivity contribution in [1.82, 2.24) is 0 Å². The summed E-state index contributed by atoms with van der Waals surface area (Å²) in [7, 11) is 0. The van der Waals surface area contributed by atoms with Crippen LogP contribution in [-0.4, -0.2) is 18.0 Å². The average Bonchev–Trinajstić information content (AvgIpc) is 2.89. The Bertz CT molecular complexity index is 893. The molecule has 0 aliphatic carbocycles. The maximum Gasteiger partial charge on any atom is 0.142 e. The van der Waals surface area contributed by atoms with Crippen LogP contribution in [0.5, 0.6) is 5.75 Å². The lowest BCUT2D eigenvalue weighted by atomic mass is 10.1. The summed E-state index contributed by atoms with van der Waals surface area (Å²) in [5, 5.41) is 11.1. The van der Waals surface area contributed by atoms with Crippen LogP contribution in [0.3, 0.4) is 0 Å². The maximum absolute atomic E-state index is 10.3. The average molecular weight is 306 g/mol. The van der Waals surface area contributed by atoms with Crippen molar-refractivity contribution in [2.45, 2.75) is 0 Å². The minimum atomic E-state index is 0.261. The van der Waals surface area contributed by atoms with Gasteiger partial charge in [-0.2, -0.15) is 0 Å². The van der Waals surface area contributed by atoms with Crippen LogP contribution in [0.4, 0.5) is 11.4 Å². The van der Waals surface area contributed by atoms with Gasteiger partial charge in [-0.1, -0.05) is 36.9 Å². The number of para-hydroxylation sites is 1. The van der Waals surface area contributed by atoms with Crippen molar-refractivity contribution in [3.8, 4) is 5.75 Å². The molecule has 0 saturated heterocycles. The SMILES string of the molecule is C=Cc1cccc(N=Cc2sc3ccccc3c2O)c1N=C. The number of hydrogen-bond donors (Lipinski definition) is 1. The van der Waals surface area contributed by atoms with E-state index in [4.69, 9.17) is 0 Å². The predicted molar refractivity (Wildman–Crippen MR) is 96.5 cm³/mol. The fraction of sp³-hybridized carbons (Fsp3) is 0. The Morgan fingerprint density at radius 3 is 2.64 bits per heavy atom. The molecule has 0 amide bonds. The van der Waals surface area contributed by atoms with Gasteiger partial charge < -0.3 is 5.11 Å². The smallest absolute Gasteiger partial charge is 0.142 e. The third kappa shape index (κ3) is 2.44. The molecule has 0 fully saturated rings. The molecule has 1 aromatic heterocycles. The van der Waals surface area contributed by atoms with E-state index in [1.807, 2.05) is 42.5 Å². The van der Waals surface area contributed by atoms with Gasteiger partial charge in [-0.25, -0.2) is 0 Å². The van der Waals surface area contributed by atoms with E-state index in [0.717, 1.165) is 20.5 Å². The first-order valence-corrected chi connectivity index (χ1v) is 7.53. The summed E-state index contributed by atoms with van der Waals surface area (Å²) in [5.74, 6) is 0.261. The molecular formula is C18H14N2OS.